The summed E-state index contributed by atoms with van der Waals surface area (Å²) in [4.78, 5) is 8.62. The maximum Gasteiger partial charge on any atom is 0.138 e. The van der Waals surface area contributed by atoms with Crippen molar-refractivity contribution in [3.05, 3.63) is 53.6 Å². The summed E-state index contributed by atoms with van der Waals surface area (Å²) in [7, 11) is 0. The maximum absolute atomic E-state index is 5.73. The van der Waals surface area contributed by atoms with E-state index in [1.807, 2.05) is 38.1 Å². The average molecular weight is 257 g/mol. The van der Waals surface area contributed by atoms with Crippen molar-refractivity contribution in [2.24, 2.45) is 5.73 Å². The zero-order valence-corrected chi connectivity index (χ0v) is 11.3. The Balaban J connectivity index is 1.95. The Bertz CT molecular complexity index is 523. The Morgan fingerprint density at radius 2 is 2.11 bits per heavy atom. The fourth-order valence-corrected chi connectivity index (χ4v) is 1.77. The van der Waals surface area contributed by atoms with Gasteiger partial charge in [0.05, 0.1) is 11.9 Å². The fraction of sp³-hybridized carbons (Fsp3) is 0.333. The number of ether oxygens (including phenoxy) is 1. The molecule has 0 fully saturated rings. The van der Waals surface area contributed by atoms with Crippen LogP contribution in [-0.4, -0.2) is 16.0 Å². The van der Waals surface area contributed by atoms with E-state index in [0.717, 1.165) is 29.1 Å². The van der Waals surface area contributed by atoms with Gasteiger partial charge in [0.15, 0.2) is 0 Å². The third-order valence-corrected chi connectivity index (χ3v) is 2.82. The van der Waals surface area contributed by atoms with Gasteiger partial charge in [-0.05, 0) is 37.6 Å². The standard InChI is InChI=1S/C15H19N3O/c1-11-4-3-7-17-15(11)10-19-14-6-5-13(18-9-14)8-12(2)16/h3-7,9,12H,8,10,16H2,1-2H3. The molecule has 0 bridgehead atoms. The molecule has 0 aliphatic carbocycles. The van der Waals surface area contributed by atoms with Gasteiger partial charge >= 0.3 is 0 Å². The summed E-state index contributed by atoms with van der Waals surface area (Å²) in [5.74, 6) is 0.749. The number of pyridine rings is 2. The second kappa shape index (κ2) is 6.29. The molecule has 0 aromatic carbocycles. The van der Waals surface area contributed by atoms with Crippen molar-refractivity contribution < 1.29 is 4.74 Å². The molecule has 100 valence electrons. The smallest absolute Gasteiger partial charge is 0.138 e. The molecule has 1 atom stereocenters. The van der Waals surface area contributed by atoms with E-state index < -0.39 is 0 Å². The molecule has 0 radical (unpaired) electrons. The predicted octanol–water partition coefficient (Wildman–Crippen LogP) is 2.25. The lowest BCUT2D eigenvalue weighted by Crippen LogP contribution is -2.18. The van der Waals surface area contributed by atoms with Gasteiger partial charge in [-0.15, -0.1) is 0 Å². The van der Waals surface area contributed by atoms with Gasteiger partial charge in [-0.3, -0.25) is 9.97 Å². The van der Waals surface area contributed by atoms with Crippen LogP contribution in [0.1, 0.15) is 23.9 Å². The van der Waals surface area contributed by atoms with Crippen LogP contribution in [-0.2, 0) is 13.0 Å². The van der Waals surface area contributed by atoms with E-state index in [9.17, 15) is 0 Å². The Labute approximate surface area is 113 Å². The van der Waals surface area contributed by atoms with Crippen molar-refractivity contribution in [2.75, 3.05) is 0 Å². The van der Waals surface area contributed by atoms with Crippen molar-refractivity contribution in [3.8, 4) is 5.75 Å². The molecule has 2 N–H and O–H groups in total. The minimum Gasteiger partial charge on any atom is -0.486 e. The SMILES string of the molecule is Cc1cccnc1COc1ccc(CC(C)N)nc1. The molecule has 0 spiro atoms. The minimum atomic E-state index is 0.121. The van der Waals surface area contributed by atoms with Gasteiger partial charge in [0, 0.05) is 24.4 Å². The molecule has 4 heteroatoms. The van der Waals surface area contributed by atoms with E-state index in [4.69, 9.17) is 10.5 Å². The summed E-state index contributed by atoms with van der Waals surface area (Å²) in [5, 5.41) is 0. The molecule has 0 aliphatic rings. The van der Waals surface area contributed by atoms with Gasteiger partial charge in [0.1, 0.15) is 12.4 Å². The number of hydrogen-bond acceptors (Lipinski definition) is 4. The fourth-order valence-electron chi connectivity index (χ4n) is 1.77. The maximum atomic E-state index is 5.73. The third kappa shape index (κ3) is 4.03. The molecule has 2 aromatic heterocycles. The number of nitrogens with zero attached hydrogens (tertiary/aromatic N) is 2. The van der Waals surface area contributed by atoms with Gasteiger partial charge in [0.25, 0.3) is 0 Å². The summed E-state index contributed by atoms with van der Waals surface area (Å²) in [5.41, 5.74) is 8.79. The lowest BCUT2D eigenvalue weighted by molar-refractivity contribution is 0.299. The molecular weight excluding hydrogens is 238 g/mol. The average Bonchev–Trinajstić information content (AvgIpc) is 2.39. The third-order valence-electron chi connectivity index (χ3n) is 2.82. The monoisotopic (exact) mass is 257 g/mol. The molecule has 2 heterocycles. The molecule has 19 heavy (non-hydrogen) atoms. The van der Waals surface area contributed by atoms with Crippen LogP contribution in [0.2, 0.25) is 0 Å². The Kier molecular flexibility index (Phi) is 4.47. The van der Waals surface area contributed by atoms with E-state index in [1.165, 1.54) is 0 Å². The zero-order valence-electron chi connectivity index (χ0n) is 11.3. The molecule has 2 aromatic rings. The minimum absolute atomic E-state index is 0.121. The highest BCUT2D eigenvalue weighted by Gasteiger charge is 2.02. The first kappa shape index (κ1) is 13.5. The predicted molar refractivity (Wildman–Crippen MR) is 74.9 cm³/mol. The largest absolute Gasteiger partial charge is 0.486 e. The molecule has 1 unspecified atom stereocenters. The van der Waals surface area contributed by atoms with Crippen molar-refractivity contribution in [3.63, 3.8) is 0 Å². The van der Waals surface area contributed by atoms with Crippen LogP contribution in [0.5, 0.6) is 5.75 Å². The quantitative estimate of drug-likeness (QED) is 0.892. The number of aromatic nitrogens is 2. The molecule has 0 aliphatic heterocycles. The summed E-state index contributed by atoms with van der Waals surface area (Å²) >= 11 is 0. The van der Waals surface area contributed by atoms with Crippen LogP contribution in [0.25, 0.3) is 0 Å². The normalized spacial score (nSPS) is 12.2. The highest BCUT2D eigenvalue weighted by Crippen LogP contribution is 2.13. The van der Waals surface area contributed by atoms with Crippen LogP contribution in [0.3, 0.4) is 0 Å². The van der Waals surface area contributed by atoms with Crippen LogP contribution in [0.15, 0.2) is 36.7 Å². The molecule has 2 rings (SSSR count). The summed E-state index contributed by atoms with van der Waals surface area (Å²) in [6.45, 7) is 4.45. The molecule has 0 amide bonds. The van der Waals surface area contributed by atoms with E-state index >= 15 is 0 Å². The topological polar surface area (TPSA) is 61.0 Å². The summed E-state index contributed by atoms with van der Waals surface area (Å²) in [6, 6.07) is 7.93. The van der Waals surface area contributed by atoms with Gasteiger partial charge in [-0.2, -0.15) is 0 Å². The van der Waals surface area contributed by atoms with E-state index in [0.29, 0.717) is 6.61 Å². The van der Waals surface area contributed by atoms with Crippen LogP contribution < -0.4 is 10.5 Å². The van der Waals surface area contributed by atoms with Crippen LogP contribution in [0, 0.1) is 6.92 Å². The Morgan fingerprint density at radius 1 is 1.26 bits per heavy atom. The molecular formula is C15H19N3O. The van der Waals surface area contributed by atoms with Gasteiger partial charge in [-0.25, -0.2) is 0 Å². The number of nitrogens with two attached hydrogens (primary N) is 1. The summed E-state index contributed by atoms with van der Waals surface area (Å²) in [6.07, 6.45) is 4.28. The Morgan fingerprint density at radius 3 is 2.74 bits per heavy atom. The zero-order chi connectivity index (χ0) is 13.7. The Hall–Kier alpha value is -1.94. The molecule has 4 nitrogen and oxygen atoms in total. The second-order valence-corrected chi connectivity index (χ2v) is 4.72. The lowest BCUT2D eigenvalue weighted by atomic mass is 10.2. The van der Waals surface area contributed by atoms with Crippen LogP contribution in [0.4, 0.5) is 0 Å². The van der Waals surface area contributed by atoms with E-state index in [-0.39, 0.29) is 6.04 Å². The lowest BCUT2D eigenvalue weighted by Gasteiger charge is -2.08. The number of rotatable bonds is 5. The second-order valence-electron chi connectivity index (χ2n) is 4.72. The highest BCUT2D eigenvalue weighted by atomic mass is 16.5. The van der Waals surface area contributed by atoms with Gasteiger partial charge in [0.2, 0.25) is 0 Å². The van der Waals surface area contributed by atoms with Crippen molar-refractivity contribution in [1.82, 2.24) is 9.97 Å². The van der Waals surface area contributed by atoms with Crippen LogP contribution >= 0.6 is 0 Å². The van der Waals surface area contributed by atoms with Gasteiger partial charge < -0.3 is 10.5 Å². The van der Waals surface area contributed by atoms with Crippen molar-refractivity contribution >= 4 is 0 Å². The van der Waals surface area contributed by atoms with Crippen molar-refractivity contribution in [2.45, 2.75) is 32.9 Å². The number of aryl methyl sites for hydroxylation is 1. The summed E-state index contributed by atoms with van der Waals surface area (Å²) < 4.78 is 5.68. The first-order valence-electron chi connectivity index (χ1n) is 6.39. The highest BCUT2D eigenvalue weighted by molar-refractivity contribution is 5.22. The van der Waals surface area contributed by atoms with Crippen molar-refractivity contribution in [1.29, 1.82) is 0 Å². The molecule has 0 saturated carbocycles. The van der Waals surface area contributed by atoms with Gasteiger partial charge in [-0.1, -0.05) is 6.07 Å². The first-order valence-corrected chi connectivity index (χ1v) is 6.39. The van der Waals surface area contributed by atoms with E-state index in [1.54, 1.807) is 12.4 Å². The van der Waals surface area contributed by atoms with E-state index in [2.05, 4.69) is 9.97 Å². The number of hydrogen-bond donors (Lipinski definition) is 1. The molecule has 0 saturated heterocycles. The first-order chi connectivity index (χ1) is 9.15.